The summed E-state index contributed by atoms with van der Waals surface area (Å²) in [6, 6.07) is 7.18. The first-order valence-electron chi connectivity index (χ1n) is 9.46. The van der Waals surface area contributed by atoms with Crippen molar-refractivity contribution in [3.63, 3.8) is 0 Å². The summed E-state index contributed by atoms with van der Waals surface area (Å²) in [5.74, 6) is 0.869. The molecule has 0 aromatic heterocycles. The summed E-state index contributed by atoms with van der Waals surface area (Å²) >= 11 is 0. The maximum Gasteiger partial charge on any atom is 0.422 e. The maximum atomic E-state index is 12.4. The summed E-state index contributed by atoms with van der Waals surface area (Å²) in [7, 11) is 0. The molecule has 2 rings (SSSR count). The minimum absolute atomic E-state index is 0. The molecule has 28 heavy (non-hydrogen) atoms. The Balaban J connectivity index is 0.00000392. The van der Waals surface area contributed by atoms with Crippen LogP contribution in [0.4, 0.5) is 13.2 Å². The molecule has 0 radical (unpaired) electrons. The average Bonchev–Trinajstić information content (AvgIpc) is 3.10. The van der Waals surface area contributed by atoms with Gasteiger partial charge in [-0.15, -0.1) is 24.0 Å². The summed E-state index contributed by atoms with van der Waals surface area (Å²) in [4.78, 5) is 6.96. The summed E-state index contributed by atoms with van der Waals surface area (Å²) in [5.41, 5.74) is 0.620. The van der Waals surface area contributed by atoms with Gasteiger partial charge in [0.05, 0.1) is 6.54 Å². The van der Waals surface area contributed by atoms with Crippen molar-refractivity contribution < 1.29 is 17.9 Å². The summed E-state index contributed by atoms with van der Waals surface area (Å²) in [6.45, 7) is 6.74. The van der Waals surface area contributed by atoms with E-state index in [-0.39, 0.29) is 36.3 Å². The first-order valence-corrected chi connectivity index (χ1v) is 9.46. The van der Waals surface area contributed by atoms with Gasteiger partial charge in [0.15, 0.2) is 12.6 Å². The van der Waals surface area contributed by atoms with Crippen molar-refractivity contribution in [2.75, 3.05) is 32.8 Å². The molecule has 5 nitrogen and oxygen atoms in total. The number of nitrogens with one attached hydrogen (secondary N) is 2. The van der Waals surface area contributed by atoms with Crippen molar-refractivity contribution in [3.05, 3.63) is 29.8 Å². The smallest absolute Gasteiger partial charge is 0.422 e. The molecule has 0 amide bonds. The number of hydrogen-bond acceptors (Lipinski definition) is 3. The Hall–Kier alpha value is -1.23. The van der Waals surface area contributed by atoms with E-state index in [9.17, 15) is 13.2 Å². The van der Waals surface area contributed by atoms with E-state index in [1.165, 1.54) is 12.5 Å². The third-order valence-corrected chi connectivity index (χ3v) is 4.53. The molecule has 1 aliphatic rings. The topological polar surface area (TPSA) is 48.9 Å². The number of nitrogens with zero attached hydrogens (tertiary/aromatic N) is 2. The lowest BCUT2D eigenvalue weighted by Crippen LogP contribution is -2.44. The molecule has 160 valence electrons. The molecular weight excluding hydrogens is 484 g/mol. The number of likely N-dealkylation sites (N-methyl/N-ethyl adjacent to an activating group) is 1. The highest BCUT2D eigenvalue weighted by molar-refractivity contribution is 14.0. The molecule has 0 saturated carbocycles. The van der Waals surface area contributed by atoms with Crippen LogP contribution in [0.1, 0.15) is 32.3 Å². The van der Waals surface area contributed by atoms with Crippen molar-refractivity contribution in [1.82, 2.24) is 15.5 Å². The largest absolute Gasteiger partial charge is 0.484 e. The number of ether oxygens (including phenoxy) is 1. The number of rotatable bonds is 8. The van der Waals surface area contributed by atoms with Gasteiger partial charge in [-0.2, -0.15) is 13.2 Å². The van der Waals surface area contributed by atoms with E-state index in [2.05, 4.69) is 27.4 Å². The molecule has 0 aliphatic carbocycles. The van der Waals surface area contributed by atoms with Crippen LogP contribution in [0.3, 0.4) is 0 Å². The number of likely N-dealkylation sites (tertiary alicyclic amines) is 1. The zero-order valence-electron chi connectivity index (χ0n) is 16.4. The van der Waals surface area contributed by atoms with E-state index in [1.807, 2.05) is 6.92 Å². The standard InChI is InChI=1S/C19H29F3N4O.HI/c1-3-23-18(25-13-16-9-7-11-26(16)4-2)24-12-15-8-5-6-10-17(15)27-14-19(20,21)22;/h5-6,8,10,16H,3-4,7,9,11-14H2,1-2H3,(H2,23,24,25);1H. The van der Waals surface area contributed by atoms with E-state index in [4.69, 9.17) is 4.74 Å². The van der Waals surface area contributed by atoms with E-state index >= 15 is 0 Å². The first-order chi connectivity index (χ1) is 12.9. The fourth-order valence-electron chi connectivity index (χ4n) is 3.20. The van der Waals surface area contributed by atoms with Gasteiger partial charge in [0.1, 0.15) is 5.75 Å². The molecule has 1 fully saturated rings. The lowest BCUT2D eigenvalue weighted by Gasteiger charge is -2.24. The normalized spacial score (nSPS) is 17.9. The zero-order valence-corrected chi connectivity index (χ0v) is 18.7. The number of aliphatic imine (C=N–C) groups is 1. The minimum Gasteiger partial charge on any atom is -0.484 e. The molecule has 1 heterocycles. The van der Waals surface area contributed by atoms with Gasteiger partial charge >= 0.3 is 6.18 Å². The van der Waals surface area contributed by atoms with Gasteiger partial charge in [-0.05, 0) is 38.9 Å². The highest BCUT2D eigenvalue weighted by Crippen LogP contribution is 2.22. The Morgan fingerprint density at radius 2 is 2.00 bits per heavy atom. The van der Waals surface area contributed by atoms with Gasteiger partial charge in [0.2, 0.25) is 0 Å². The highest BCUT2D eigenvalue weighted by Gasteiger charge is 2.28. The second-order valence-corrected chi connectivity index (χ2v) is 6.51. The molecule has 1 unspecified atom stereocenters. The van der Waals surface area contributed by atoms with Crippen molar-refractivity contribution in [2.45, 2.75) is 45.5 Å². The van der Waals surface area contributed by atoms with Gasteiger partial charge in [0.25, 0.3) is 0 Å². The average molecular weight is 514 g/mol. The summed E-state index contributed by atoms with van der Waals surface area (Å²) < 4.78 is 42.2. The van der Waals surface area contributed by atoms with Crippen LogP contribution in [0, 0.1) is 0 Å². The Kier molecular flexibility index (Phi) is 10.9. The quantitative estimate of drug-likeness (QED) is 0.315. The number of hydrogen-bond donors (Lipinski definition) is 2. The number of para-hydroxylation sites is 1. The first kappa shape index (κ1) is 24.8. The van der Waals surface area contributed by atoms with Gasteiger partial charge in [-0.1, -0.05) is 25.1 Å². The molecule has 1 aliphatic heterocycles. The third kappa shape index (κ3) is 8.42. The molecule has 1 atom stereocenters. The second kappa shape index (κ2) is 12.4. The molecule has 9 heteroatoms. The Bertz CT molecular complexity index is 613. The number of guanidine groups is 1. The Morgan fingerprint density at radius 1 is 1.25 bits per heavy atom. The van der Waals surface area contributed by atoms with Crippen LogP contribution in [-0.2, 0) is 6.54 Å². The van der Waals surface area contributed by atoms with Crippen LogP contribution in [0.5, 0.6) is 5.75 Å². The molecule has 0 spiro atoms. The van der Waals surface area contributed by atoms with Crippen LogP contribution in [0.25, 0.3) is 0 Å². The van der Waals surface area contributed by atoms with Crippen LogP contribution < -0.4 is 15.4 Å². The molecule has 1 saturated heterocycles. The minimum atomic E-state index is -4.36. The number of benzene rings is 1. The molecule has 1 aromatic carbocycles. The number of halogens is 4. The molecular formula is C19H30F3IN4O. The SMILES string of the molecule is CCNC(=NCc1ccccc1OCC(F)(F)F)NCC1CCCN1CC.I. The van der Waals surface area contributed by atoms with Crippen LogP contribution in [-0.4, -0.2) is 55.9 Å². The van der Waals surface area contributed by atoms with Crippen molar-refractivity contribution in [3.8, 4) is 5.75 Å². The van der Waals surface area contributed by atoms with Crippen LogP contribution in [0.2, 0.25) is 0 Å². The van der Waals surface area contributed by atoms with Crippen molar-refractivity contribution in [1.29, 1.82) is 0 Å². The van der Waals surface area contributed by atoms with Gasteiger partial charge in [-0.3, -0.25) is 4.90 Å². The van der Waals surface area contributed by atoms with Gasteiger partial charge in [0, 0.05) is 24.7 Å². The predicted octanol–water partition coefficient (Wildman–Crippen LogP) is 3.79. The van der Waals surface area contributed by atoms with E-state index < -0.39 is 12.8 Å². The Morgan fingerprint density at radius 3 is 2.68 bits per heavy atom. The molecule has 0 bridgehead atoms. The van der Waals surface area contributed by atoms with Crippen LogP contribution in [0.15, 0.2) is 29.3 Å². The van der Waals surface area contributed by atoms with Gasteiger partial charge < -0.3 is 15.4 Å². The van der Waals surface area contributed by atoms with Crippen molar-refractivity contribution >= 4 is 29.9 Å². The van der Waals surface area contributed by atoms with E-state index in [0.29, 0.717) is 24.1 Å². The van der Waals surface area contributed by atoms with E-state index in [1.54, 1.807) is 18.2 Å². The summed E-state index contributed by atoms with van der Waals surface area (Å²) in [6.07, 6.45) is -1.99. The Labute approximate surface area is 182 Å². The third-order valence-electron chi connectivity index (χ3n) is 4.53. The van der Waals surface area contributed by atoms with E-state index in [0.717, 1.165) is 26.1 Å². The lowest BCUT2D eigenvalue weighted by atomic mass is 10.2. The zero-order chi connectivity index (χ0) is 19.7. The van der Waals surface area contributed by atoms with Gasteiger partial charge in [-0.25, -0.2) is 4.99 Å². The summed E-state index contributed by atoms with van der Waals surface area (Å²) in [5, 5.41) is 6.53. The predicted molar refractivity (Wildman–Crippen MR) is 116 cm³/mol. The van der Waals surface area contributed by atoms with Crippen LogP contribution >= 0.6 is 24.0 Å². The number of alkyl halides is 3. The molecule has 2 N–H and O–H groups in total. The maximum absolute atomic E-state index is 12.4. The van der Waals surface area contributed by atoms with Crippen molar-refractivity contribution in [2.24, 2.45) is 4.99 Å². The fraction of sp³-hybridized carbons (Fsp3) is 0.632. The highest BCUT2D eigenvalue weighted by atomic mass is 127. The monoisotopic (exact) mass is 514 g/mol. The second-order valence-electron chi connectivity index (χ2n) is 6.51. The fourth-order valence-corrected chi connectivity index (χ4v) is 3.20. The molecule has 1 aromatic rings. The lowest BCUT2D eigenvalue weighted by molar-refractivity contribution is -0.153.